The van der Waals surface area contributed by atoms with Crippen LogP contribution in [-0.4, -0.2) is 54.7 Å². The van der Waals surface area contributed by atoms with Crippen LogP contribution in [0.1, 0.15) is 55.2 Å². The molecule has 2 aromatic rings. The molecular formula is C25H36N4O4. The van der Waals surface area contributed by atoms with Crippen LogP contribution in [0.5, 0.6) is 0 Å². The number of hydrogen-bond donors (Lipinski definition) is 2. The van der Waals surface area contributed by atoms with E-state index in [0.29, 0.717) is 23.4 Å². The van der Waals surface area contributed by atoms with Crippen LogP contribution in [0.3, 0.4) is 0 Å². The minimum atomic E-state index is -0.546. The number of carbonyl (C=O) groups excluding carboxylic acids is 2. The Hall–Kier alpha value is -2.97. The molecule has 0 radical (unpaired) electrons. The van der Waals surface area contributed by atoms with Crippen molar-refractivity contribution in [1.29, 1.82) is 0 Å². The first kappa shape index (κ1) is 26.3. The summed E-state index contributed by atoms with van der Waals surface area (Å²) >= 11 is 0. The molecule has 1 amide bonds. The second-order valence-electron chi connectivity index (χ2n) is 7.53. The van der Waals surface area contributed by atoms with Crippen molar-refractivity contribution in [1.82, 2.24) is 15.2 Å². The fourth-order valence-electron chi connectivity index (χ4n) is 3.32. The Kier molecular flexibility index (Phi) is 11.9. The monoisotopic (exact) mass is 456 g/mol. The maximum Gasteiger partial charge on any atom is 0.411 e. The van der Waals surface area contributed by atoms with Crippen molar-refractivity contribution in [3.63, 3.8) is 0 Å². The number of aromatic nitrogens is 1. The Morgan fingerprint density at radius 1 is 1.03 bits per heavy atom. The molecule has 1 aromatic heterocycles. The Morgan fingerprint density at radius 3 is 2.58 bits per heavy atom. The fourth-order valence-corrected chi connectivity index (χ4v) is 3.32. The zero-order valence-corrected chi connectivity index (χ0v) is 19.9. The van der Waals surface area contributed by atoms with E-state index in [4.69, 9.17) is 9.47 Å². The zero-order valence-electron chi connectivity index (χ0n) is 19.9. The number of nitrogens with zero attached hydrogens (tertiary/aromatic N) is 2. The largest absolute Gasteiger partial charge is 0.457 e. The van der Waals surface area contributed by atoms with Crippen LogP contribution in [0, 0.1) is 0 Å². The van der Waals surface area contributed by atoms with Crippen LogP contribution in [-0.2, 0) is 22.6 Å². The summed E-state index contributed by atoms with van der Waals surface area (Å²) in [7, 11) is 0. The molecule has 0 unspecified atom stereocenters. The number of hydrogen-bond acceptors (Lipinski definition) is 7. The highest BCUT2D eigenvalue weighted by atomic mass is 16.5. The number of anilines is 1. The lowest BCUT2D eigenvalue weighted by atomic mass is 10.2. The summed E-state index contributed by atoms with van der Waals surface area (Å²) in [5.74, 6) is -0.441. The molecule has 2 rings (SSSR count). The second-order valence-corrected chi connectivity index (χ2v) is 7.53. The Labute approximate surface area is 196 Å². The van der Waals surface area contributed by atoms with Crippen molar-refractivity contribution in [2.75, 3.05) is 38.1 Å². The number of amides is 1. The van der Waals surface area contributed by atoms with Gasteiger partial charge in [0, 0.05) is 18.3 Å². The smallest absolute Gasteiger partial charge is 0.411 e. The number of pyridine rings is 1. The second kappa shape index (κ2) is 15.0. The van der Waals surface area contributed by atoms with E-state index in [0.717, 1.165) is 44.7 Å². The third kappa shape index (κ3) is 9.59. The van der Waals surface area contributed by atoms with Gasteiger partial charge in [-0.25, -0.2) is 9.59 Å². The van der Waals surface area contributed by atoms with Gasteiger partial charge in [0.25, 0.3) is 0 Å². The van der Waals surface area contributed by atoms with Crippen LogP contribution in [0.15, 0.2) is 42.6 Å². The van der Waals surface area contributed by atoms with Crippen molar-refractivity contribution < 1.29 is 19.1 Å². The zero-order chi connectivity index (χ0) is 23.9. The Morgan fingerprint density at radius 2 is 1.82 bits per heavy atom. The predicted octanol–water partition coefficient (Wildman–Crippen LogP) is 4.22. The summed E-state index contributed by atoms with van der Waals surface area (Å²) in [5, 5.41) is 6.05. The van der Waals surface area contributed by atoms with Crippen LogP contribution in [0.4, 0.5) is 10.5 Å². The maximum absolute atomic E-state index is 12.6. The van der Waals surface area contributed by atoms with Gasteiger partial charge in [0.15, 0.2) is 0 Å². The van der Waals surface area contributed by atoms with E-state index in [1.807, 2.05) is 6.07 Å². The van der Waals surface area contributed by atoms with Crippen LogP contribution >= 0.6 is 0 Å². The molecule has 180 valence electrons. The predicted molar refractivity (Wildman–Crippen MR) is 129 cm³/mol. The maximum atomic E-state index is 12.6. The minimum Gasteiger partial charge on any atom is -0.457 e. The molecule has 0 saturated heterocycles. The number of rotatable bonds is 14. The number of nitrogens with one attached hydrogen (secondary N) is 2. The molecule has 1 aromatic carbocycles. The number of unbranched alkanes of at least 4 members (excludes halogenated alkanes) is 1. The lowest BCUT2D eigenvalue weighted by Crippen LogP contribution is -2.25. The molecule has 0 aliphatic rings. The van der Waals surface area contributed by atoms with E-state index < -0.39 is 12.1 Å². The van der Waals surface area contributed by atoms with Crippen molar-refractivity contribution in [2.24, 2.45) is 0 Å². The third-order valence-corrected chi connectivity index (χ3v) is 5.22. The van der Waals surface area contributed by atoms with Gasteiger partial charge in [0.1, 0.15) is 6.61 Å². The highest BCUT2D eigenvalue weighted by Crippen LogP contribution is 2.17. The van der Waals surface area contributed by atoms with E-state index in [-0.39, 0.29) is 13.2 Å². The van der Waals surface area contributed by atoms with E-state index in [9.17, 15) is 9.59 Å². The van der Waals surface area contributed by atoms with E-state index in [1.165, 1.54) is 0 Å². The molecule has 0 atom stereocenters. The molecule has 1 heterocycles. The molecular weight excluding hydrogens is 420 g/mol. The lowest BCUT2D eigenvalue weighted by Gasteiger charge is -2.17. The van der Waals surface area contributed by atoms with Gasteiger partial charge in [-0.05, 0) is 64.1 Å². The van der Waals surface area contributed by atoms with E-state index in [2.05, 4.69) is 34.4 Å². The number of para-hydroxylation sites is 1. The summed E-state index contributed by atoms with van der Waals surface area (Å²) < 4.78 is 10.4. The van der Waals surface area contributed by atoms with Gasteiger partial charge in [-0.1, -0.05) is 32.0 Å². The summed E-state index contributed by atoms with van der Waals surface area (Å²) in [6.45, 7) is 11.2. The van der Waals surface area contributed by atoms with Gasteiger partial charge in [0.05, 0.1) is 23.6 Å². The standard InChI is InChI=1S/C25H36N4O4/c1-4-29(5-2)16-10-9-14-26-18-22-17-20(13-15-27-22)24(30)33-19-21-11-7-8-12-23(21)28-25(31)32-6-3/h7-8,11-13,15,17,26H,4-6,9-10,14,16,18-19H2,1-3H3,(H,28,31). The van der Waals surface area contributed by atoms with Gasteiger partial charge in [-0.15, -0.1) is 0 Å². The van der Waals surface area contributed by atoms with Crippen LogP contribution in [0.2, 0.25) is 0 Å². The van der Waals surface area contributed by atoms with Crippen molar-refractivity contribution >= 4 is 17.7 Å². The first-order valence-corrected chi connectivity index (χ1v) is 11.6. The molecule has 33 heavy (non-hydrogen) atoms. The summed E-state index contributed by atoms with van der Waals surface area (Å²) in [4.78, 5) is 31.0. The number of benzene rings is 1. The van der Waals surface area contributed by atoms with Crippen LogP contribution in [0.25, 0.3) is 0 Å². The Balaban J connectivity index is 1.81. The number of ether oxygens (including phenoxy) is 2. The normalized spacial score (nSPS) is 10.8. The molecule has 0 aliphatic carbocycles. The summed E-state index contributed by atoms with van der Waals surface area (Å²) in [6, 6.07) is 10.5. The van der Waals surface area contributed by atoms with Crippen molar-refractivity contribution in [3.05, 3.63) is 59.4 Å². The average Bonchev–Trinajstić information content (AvgIpc) is 2.83. The molecule has 0 aliphatic heterocycles. The molecule has 0 spiro atoms. The van der Waals surface area contributed by atoms with Crippen molar-refractivity contribution in [2.45, 2.75) is 46.8 Å². The van der Waals surface area contributed by atoms with Gasteiger partial charge in [0.2, 0.25) is 0 Å². The first-order chi connectivity index (χ1) is 16.1. The molecule has 8 nitrogen and oxygen atoms in total. The topological polar surface area (TPSA) is 92.8 Å². The number of esters is 1. The van der Waals surface area contributed by atoms with Gasteiger partial charge in [-0.2, -0.15) is 0 Å². The summed E-state index contributed by atoms with van der Waals surface area (Å²) in [6.07, 6.45) is 3.32. The average molecular weight is 457 g/mol. The molecule has 0 fully saturated rings. The summed E-state index contributed by atoms with van der Waals surface area (Å²) in [5.41, 5.74) is 2.46. The third-order valence-electron chi connectivity index (χ3n) is 5.22. The van der Waals surface area contributed by atoms with Gasteiger partial charge in [-0.3, -0.25) is 10.3 Å². The van der Waals surface area contributed by atoms with E-state index >= 15 is 0 Å². The number of carbonyl (C=O) groups is 2. The van der Waals surface area contributed by atoms with Gasteiger partial charge < -0.3 is 19.7 Å². The van der Waals surface area contributed by atoms with Gasteiger partial charge >= 0.3 is 12.1 Å². The molecule has 0 saturated carbocycles. The molecule has 2 N–H and O–H groups in total. The first-order valence-electron chi connectivity index (χ1n) is 11.6. The fraction of sp³-hybridized carbons (Fsp3) is 0.480. The minimum absolute atomic E-state index is 0.0316. The quantitative estimate of drug-likeness (QED) is 0.325. The molecule has 0 bridgehead atoms. The van der Waals surface area contributed by atoms with Crippen LogP contribution < -0.4 is 10.6 Å². The highest BCUT2D eigenvalue weighted by Gasteiger charge is 2.12. The molecule has 8 heteroatoms. The van der Waals surface area contributed by atoms with E-state index in [1.54, 1.807) is 43.5 Å². The lowest BCUT2D eigenvalue weighted by molar-refractivity contribution is 0.0473. The SMILES string of the molecule is CCOC(=O)Nc1ccccc1COC(=O)c1ccnc(CNCCCCN(CC)CC)c1. The Bertz CT molecular complexity index is 871. The highest BCUT2D eigenvalue weighted by molar-refractivity contribution is 5.89. The van der Waals surface area contributed by atoms with Crippen molar-refractivity contribution in [3.8, 4) is 0 Å².